The molecule has 1 unspecified atom stereocenters. The average Bonchev–Trinajstić information content (AvgIpc) is 2.46. The molecule has 1 atom stereocenters. The van der Waals surface area contributed by atoms with Crippen LogP contribution >= 0.6 is 0 Å². The first-order valence-corrected chi connectivity index (χ1v) is 6.53. The summed E-state index contributed by atoms with van der Waals surface area (Å²) in [6.45, 7) is 0. The summed E-state index contributed by atoms with van der Waals surface area (Å²) in [6.07, 6.45) is 4.88. The molecule has 0 radical (unpaired) electrons. The Morgan fingerprint density at radius 2 is 2.05 bits per heavy atom. The molecule has 1 N–H and O–H groups in total. The van der Waals surface area contributed by atoms with Crippen molar-refractivity contribution in [1.29, 1.82) is 0 Å². The van der Waals surface area contributed by atoms with E-state index >= 15 is 0 Å². The summed E-state index contributed by atoms with van der Waals surface area (Å²) in [5.74, 6) is -0.754. The molecule has 0 fully saturated rings. The zero-order valence-electron chi connectivity index (χ0n) is 10.5. The molecule has 1 aliphatic rings. The van der Waals surface area contributed by atoms with E-state index in [4.69, 9.17) is 0 Å². The van der Waals surface area contributed by atoms with Crippen LogP contribution in [0.25, 0.3) is 0 Å². The lowest BCUT2D eigenvalue weighted by Crippen LogP contribution is -2.15. The van der Waals surface area contributed by atoms with Crippen molar-refractivity contribution >= 4 is 5.97 Å². The Morgan fingerprint density at radius 1 is 1.21 bits per heavy atom. The summed E-state index contributed by atoms with van der Waals surface area (Å²) in [5, 5.41) is 9.32. The number of fused-ring (bicyclic) bond motifs is 1. The SMILES string of the molecule is O=C(O)c1ccccc1C1CCCc2cccnc21. The summed E-state index contributed by atoms with van der Waals surface area (Å²) in [6, 6.07) is 11.3. The molecular weight excluding hydrogens is 238 g/mol. The van der Waals surface area contributed by atoms with Crippen LogP contribution in [-0.4, -0.2) is 16.1 Å². The second kappa shape index (κ2) is 4.84. The van der Waals surface area contributed by atoms with Gasteiger partial charge in [-0.15, -0.1) is 0 Å². The molecule has 0 saturated heterocycles. The molecular formula is C16H15NO2. The number of carbonyl (C=O) groups is 1. The molecule has 1 heterocycles. The number of hydrogen-bond donors (Lipinski definition) is 1. The Labute approximate surface area is 111 Å². The molecule has 0 bridgehead atoms. The minimum atomic E-state index is -0.862. The summed E-state index contributed by atoms with van der Waals surface area (Å²) in [5.41, 5.74) is 3.57. The van der Waals surface area contributed by atoms with Crippen LogP contribution in [0.4, 0.5) is 0 Å². The van der Waals surface area contributed by atoms with Gasteiger partial charge >= 0.3 is 5.97 Å². The van der Waals surface area contributed by atoms with Gasteiger partial charge in [-0.3, -0.25) is 4.98 Å². The molecule has 1 aromatic heterocycles. The minimum absolute atomic E-state index is 0.109. The molecule has 19 heavy (non-hydrogen) atoms. The molecule has 3 heteroatoms. The van der Waals surface area contributed by atoms with E-state index in [1.165, 1.54) is 5.56 Å². The molecule has 0 aliphatic heterocycles. The van der Waals surface area contributed by atoms with Crippen LogP contribution in [0.5, 0.6) is 0 Å². The highest BCUT2D eigenvalue weighted by molar-refractivity contribution is 5.89. The van der Waals surface area contributed by atoms with Gasteiger partial charge in [0.1, 0.15) is 0 Å². The Bertz CT molecular complexity index is 622. The topological polar surface area (TPSA) is 50.2 Å². The zero-order valence-corrected chi connectivity index (χ0v) is 10.5. The van der Waals surface area contributed by atoms with Crippen molar-refractivity contribution in [3.63, 3.8) is 0 Å². The lowest BCUT2D eigenvalue weighted by molar-refractivity contribution is 0.0695. The fourth-order valence-electron chi connectivity index (χ4n) is 2.91. The molecule has 0 spiro atoms. The van der Waals surface area contributed by atoms with E-state index in [1.807, 2.05) is 18.2 Å². The number of nitrogens with zero attached hydrogens (tertiary/aromatic N) is 1. The predicted molar refractivity (Wildman–Crippen MR) is 72.4 cm³/mol. The Hall–Kier alpha value is -2.16. The molecule has 3 rings (SSSR count). The van der Waals surface area contributed by atoms with Gasteiger partial charge in [0, 0.05) is 12.1 Å². The van der Waals surface area contributed by atoms with Gasteiger partial charge in [-0.05, 0) is 42.5 Å². The highest BCUT2D eigenvalue weighted by atomic mass is 16.4. The second-order valence-corrected chi connectivity index (χ2v) is 4.88. The highest BCUT2D eigenvalue weighted by Crippen LogP contribution is 2.36. The number of pyridine rings is 1. The van der Waals surface area contributed by atoms with Crippen molar-refractivity contribution in [2.24, 2.45) is 0 Å². The predicted octanol–water partition coefficient (Wildman–Crippen LogP) is 3.25. The number of aromatic nitrogens is 1. The standard InChI is InChI=1S/C16H15NO2/c18-16(19)14-8-2-1-7-12(14)13-9-3-5-11-6-4-10-17-15(11)13/h1-2,4,6-8,10,13H,3,5,9H2,(H,18,19). The number of carboxylic acids is 1. The summed E-state index contributed by atoms with van der Waals surface area (Å²) >= 11 is 0. The van der Waals surface area contributed by atoms with Gasteiger partial charge in [0.15, 0.2) is 0 Å². The molecule has 0 amide bonds. The average molecular weight is 253 g/mol. The third-order valence-electron chi connectivity index (χ3n) is 3.76. The Morgan fingerprint density at radius 3 is 2.89 bits per heavy atom. The highest BCUT2D eigenvalue weighted by Gasteiger charge is 2.26. The largest absolute Gasteiger partial charge is 0.478 e. The van der Waals surface area contributed by atoms with Crippen molar-refractivity contribution < 1.29 is 9.90 Å². The molecule has 96 valence electrons. The Balaban J connectivity index is 2.12. The van der Waals surface area contributed by atoms with Crippen LogP contribution in [0, 0.1) is 0 Å². The molecule has 1 aliphatic carbocycles. The van der Waals surface area contributed by atoms with E-state index in [0.717, 1.165) is 30.5 Å². The van der Waals surface area contributed by atoms with Crippen LogP contribution in [0.1, 0.15) is 45.9 Å². The van der Waals surface area contributed by atoms with Gasteiger partial charge in [0.05, 0.1) is 11.3 Å². The number of aromatic carboxylic acids is 1. The van der Waals surface area contributed by atoms with Crippen molar-refractivity contribution in [3.05, 3.63) is 65.0 Å². The molecule has 1 aromatic carbocycles. The smallest absolute Gasteiger partial charge is 0.335 e. The van der Waals surface area contributed by atoms with Crippen molar-refractivity contribution in [2.45, 2.75) is 25.2 Å². The first-order valence-electron chi connectivity index (χ1n) is 6.53. The maximum atomic E-state index is 11.4. The summed E-state index contributed by atoms with van der Waals surface area (Å²) in [7, 11) is 0. The summed E-state index contributed by atoms with van der Waals surface area (Å²) in [4.78, 5) is 15.8. The van der Waals surface area contributed by atoms with Crippen molar-refractivity contribution in [2.75, 3.05) is 0 Å². The van der Waals surface area contributed by atoms with E-state index in [1.54, 1.807) is 18.3 Å². The van der Waals surface area contributed by atoms with Crippen molar-refractivity contribution in [1.82, 2.24) is 4.98 Å². The zero-order chi connectivity index (χ0) is 13.2. The normalized spacial score (nSPS) is 17.8. The van der Waals surface area contributed by atoms with Gasteiger partial charge < -0.3 is 5.11 Å². The lowest BCUT2D eigenvalue weighted by atomic mass is 9.80. The van der Waals surface area contributed by atoms with Crippen LogP contribution < -0.4 is 0 Å². The van der Waals surface area contributed by atoms with Crippen LogP contribution in [0.3, 0.4) is 0 Å². The fourth-order valence-corrected chi connectivity index (χ4v) is 2.91. The van der Waals surface area contributed by atoms with Gasteiger partial charge in [0.2, 0.25) is 0 Å². The maximum Gasteiger partial charge on any atom is 0.335 e. The quantitative estimate of drug-likeness (QED) is 0.893. The van der Waals surface area contributed by atoms with Gasteiger partial charge in [-0.1, -0.05) is 24.3 Å². The number of carboxylic acid groups (broad SMARTS) is 1. The van der Waals surface area contributed by atoms with Gasteiger partial charge in [0.25, 0.3) is 0 Å². The number of rotatable bonds is 2. The van der Waals surface area contributed by atoms with Crippen molar-refractivity contribution in [3.8, 4) is 0 Å². The summed E-state index contributed by atoms with van der Waals surface area (Å²) < 4.78 is 0. The van der Waals surface area contributed by atoms with Crippen LogP contribution in [0.15, 0.2) is 42.6 Å². The lowest BCUT2D eigenvalue weighted by Gasteiger charge is -2.25. The number of aryl methyl sites for hydroxylation is 1. The third kappa shape index (κ3) is 2.12. The van der Waals surface area contributed by atoms with Crippen LogP contribution in [0.2, 0.25) is 0 Å². The van der Waals surface area contributed by atoms with E-state index in [2.05, 4.69) is 11.1 Å². The van der Waals surface area contributed by atoms with E-state index < -0.39 is 5.97 Å². The van der Waals surface area contributed by atoms with Crippen LogP contribution in [-0.2, 0) is 6.42 Å². The monoisotopic (exact) mass is 253 g/mol. The van der Waals surface area contributed by atoms with Gasteiger partial charge in [-0.25, -0.2) is 4.79 Å². The maximum absolute atomic E-state index is 11.4. The fraction of sp³-hybridized carbons (Fsp3) is 0.250. The number of benzene rings is 1. The second-order valence-electron chi connectivity index (χ2n) is 4.88. The number of hydrogen-bond acceptors (Lipinski definition) is 2. The minimum Gasteiger partial charge on any atom is -0.478 e. The molecule has 3 nitrogen and oxygen atoms in total. The van der Waals surface area contributed by atoms with Gasteiger partial charge in [-0.2, -0.15) is 0 Å². The molecule has 0 saturated carbocycles. The first-order chi connectivity index (χ1) is 9.27. The molecule has 2 aromatic rings. The van der Waals surface area contributed by atoms with E-state index in [9.17, 15) is 9.90 Å². The Kier molecular flexibility index (Phi) is 3.03. The van der Waals surface area contributed by atoms with E-state index in [0.29, 0.717) is 5.56 Å². The van der Waals surface area contributed by atoms with E-state index in [-0.39, 0.29) is 5.92 Å². The third-order valence-corrected chi connectivity index (χ3v) is 3.76. The first kappa shape index (κ1) is 11.9.